The van der Waals surface area contributed by atoms with Gasteiger partial charge in [0.25, 0.3) is 5.91 Å². The number of nitrogens with zero attached hydrogens (tertiary/aromatic N) is 3. The molecule has 1 N–H and O–H groups in total. The summed E-state index contributed by atoms with van der Waals surface area (Å²) < 4.78 is 19.1. The van der Waals surface area contributed by atoms with Crippen molar-refractivity contribution in [1.82, 2.24) is 20.1 Å². The number of halogens is 1. The van der Waals surface area contributed by atoms with Crippen LogP contribution in [0.15, 0.2) is 54.9 Å². The number of amides is 1. The van der Waals surface area contributed by atoms with E-state index in [0.717, 1.165) is 24.8 Å². The minimum absolute atomic E-state index is 0.00441. The van der Waals surface area contributed by atoms with Crippen molar-refractivity contribution < 1.29 is 13.9 Å². The number of aromatic amines is 1. The maximum atomic E-state index is 13.7. The fourth-order valence-electron chi connectivity index (χ4n) is 3.50. The molecule has 0 saturated carbocycles. The Morgan fingerprint density at radius 2 is 2.14 bits per heavy atom. The zero-order valence-electron chi connectivity index (χ0n) is 15.3. The van der Waals surface area contributed by atoms with Gasteiger partial charge in [0, 0.05) is 18.9 Å². The Morgan fingerprint density at radius 3 is 2.96 bits per heavy atom. The van der Waals surface area contributed by atoms with Crippen LogP contribution in [0.5, 0.6) is 5.75 Å². The Balaban J connectivity index is 1.46. The summed E-state index contributed by atoms with van der Waals surface area (Å²) in [5, 5.41) is 6.96. The minimum Gasteiger partial charge on any atom is -0.484 e. The number of H-pyrrole nitrogens is 1. The number of hydrogen-bond donors (Lipinski definition) is 1. The Kier molecular flexibility index (Phi) is 5.32. The average molecular weight is 380 g/mol. The zero-order valence-corrected chi connectivity index (χ0v) is 15.3. The van der Waals surface area contributed by atoms with Gasteiger partial charge >= 0.3 is 0 Å². The van der Waals surface area contributed by atoms with Crippen LogP contribution in [0.25, 0.3) is 0 Å². The van der Waals surface area contributed by atoms with E-state index in [1.54, 1.807) is 30.5 Å². The van der Waals surface area contributed by atoms with Gasteiger partial charge in [-0.05, 0) is 49.1 Å². The zero-order chi connectivity index (χ0) is 19.3. The molecular weight excluding hydrogens is 359 g/mol. The lowest BCUT2D eigenvalue weighted by molar-refractivity contribution is 0.0605. The third-order valence-electron chi connectivity index (χ3n) is 4.90. The molecule has 1 amide bonds. The molecule has 0 spiro atoms. The van der Waals surface area contributed by atoms with Crippen molar-refractivity contribution in [3.05, 3.63) is 77.6 Å². The Bertz CT molecular complexity index is 944. The second-order valence-electron chi connectivity index (χ2n) is 6.79. The van der Waals surface area contributed by atoms with E-state index in [9.17, 15) is 9.18 Å². The van der Waals surface area contributed by atoms with Crippen LogP contribution in [0, 0.1) is 5.82 Å². The lowest BCUT2D eigenvalue weighted by atomic mass is 9.96. The van der Waals surface area contributed by atoms with E-state index < -0.39 is 5.82 Å². The Morgan fingerprint density at radius 1 is 1.25 bits per heavy atom. The van der Waals surface area contributed by atoms with Gasteiger partial charge in [0.2, 0.25) is 0 Å². The van der Waals surface area contributed by atoms with Gasteiger partial charge in [-0.3, -0.25) is 14.9 Å². The average Bonchev–Trinajstić information content (AvgIpc) is 3.22. The Labute approximate surface area is 162 Å². The molecule has 1 aromatic carbocycles. The molecule has 4 rings (SSSR count). The second-order valence-corrected chi connectivity index (χ2v) is 6.79. The fraction of sp³-hybridized carbons (Fsp3) is 0.286. The summed E-state index contributed by atoms with van der Waals surface area (Å²) >= 11 is 0. The topological polar surface area (TPSA) is 71.1 Å². The SMILES string of the molecule is O=C(c1cc(COc2ccccc2F)[nH]n1)N1CCCCC1c1cccnc1. The predicted octanol–water partition coefficient (Wildman–Crippen LogP) is 3.89. The highest BCUT2D eigenvalue weighted by molar-refractivity contribution is 5.92. The first-order valence-corrected chi connectivity index (χ1v) is 9.35. The molecule has 1 saturated heterocycles. The molecule has 3 heterocycles. The highest BCUT2D eigenvalue weighted by Gasteiger charge is 2.30. The number of ether oxygens (including phenoxy) is 1. The molecule has 1 fully saturated rings. The molecule has 7 heteroatoms. The second kappa shape index (κ2) is 8.21. The third kappa shape index (κ3) is 3.88. The van der Waals surface area contributed by atoms with E-state index in [-0.39, 0.29) is 24.3 Å². The number of benzene rings is 1. The summed E-state index contributed by atoms with van der Waals surface area (Å²) in [5.41, 5.74) is 1.98. The van der Waals surface area contributed by atoms with Gasteiger partial charge < -0.3 is 9.64 Å². The number of pyridine rings is 1. The summed E-state index contributed by atoms with van der Waals surface area (Å²) in [6.45, 7) is 0.791. The van der Waals surface area contributed by atoms with E-state index in [0.29, 0.717) is 17.9 Å². The molecule has 1 aliphatic heterocycles. The summed E-state index contributed by atoms with van der Waals surface area (Å²) in [4.78, 5) is 19.1. The predicted molar refractivity (Wildman–Crippen MR) is 101 cm³/mol. The van der Waals surface area contributed by atoms with Crippen LogP contribution in [-0.4, -0.2) is 32.5 Å². The van der Waals surface area contributed by atoms with Crippen LogP contribution in [0.4, 0.5) is 4.39 Å². The van der Waals surface area contributed by atoms with E-state index in [1.165, 1.54) is 6.07 Å². The lowest BCUT2D eigenvalue weighted by Gasteiger charge is -2.35. The smallest absolute Gasteiger partial charge is 0.274 e. The summed E-state index contributed by atoms with van der Waals surface area (Å²) in [5.74, 6) is -0.384. The molecule has 28 heavy (non-hydrogen) atoms. The normalized spacial score (nSPS) is 16.8. The van der Waals surface area contributed by atoms with Crippen molar-refractivity contribution in [2.45, 2.75) is 31.9 Å². The standard InChI is InChI=1S/C21H21FN4O2/c22-17-7-1-2-9-20(17)28-14-16-12-18(25-24-16)21(27)26-11-4-3-8-19(26)15-6-5-10-23-13-15/h1-2,5-7,9-10,12-13,19H,3-4,8,11,14H2,(H,24,25). The van der Waals surface area contributed by atoms with Crippen LogP contribution in [0.2, 0.25) is 0 Å². The fourth-order valence-corrected chi connectivity index (χ4v) is 3.50. The van der Waals surface area contributed by atoms with Crippen LogP contribution in [0.1, 0.15) is 47.1 Å². The van der Waals surface area contributed by atoms with Crippen molar-refractivity contribution in [2.75, 3.05) is 6.54 Å². The molecule has 1 aliphatic rings. The van der Waals surface area contributed by atoms with Crippen LogP contribution < -0.4 is 4.74 Å². The van der Waals surface area contributed by atoms with Crippen molar-refractivity contribution in [2.24, 2.45) is 0 Å². The number of aromatic nitrogens is 3. The molecule has 0 bridgehead atoms. The van der Waals surface area contributed by atoms with Gasteiger partial charge in [-0.1, -0.05) is 18.2 Å². The summed E-state index contributed by atoms with van der Waals surface area (Å²) in [6, 6.07) is 11.8. The number of carbonyl (C=O) groups is 1. The number of likely N-dealkylation sites (tertiary alicyclic amines) is 1. The van der Waals surface area contributed by atoms with Crippen LogP contribution in [-0.2, 0) is 6.61 Å². The minimum atomic E-state index is -0.425. The van der Waals surface area contributed by atoms with Gasteiger partial charge in [-0.15, -0.1) is 0 Å². The maximum Gasteiger partial charge on any atom is 0.274 e. The number of piperidine rings is 1. The van der Waals surface area contributed by atoms with Gasteiger partial charge in [0.1, 0.15) is 6.61 Å². The number of carbonyl (C=O) groups excluding carboxylic acids is 1. The highest BCUT2D eigenvalue weighted by atomic mass is 19.1. The number of rotatable bonds is 5. The number of hydrogen-bond acceptors (Lipinski definition) is 4. The Hall–Kier alpha value is -3.22. The van der Waals surface area contributed by atoms with E-state index >= 15 is 0 Å². The first-order valence-electron chi connectivity index (χ1n) is 9.35. The molecule has 1 atom stereocenters. The molecule has 6 nitrogen and oxygen atoms in total. The number of nitrogens with one attached hydrogen (secondary N) is 1. The number of para-hydroxylation sites is 1. The molecule has 144 valence electrons. The van der Waals surface area contributed by atoms with E-state index in [4.69, 9.17) is 4.74 Å². The molecular formula is C21H21FN4O2. The van der Waals surface area contributed by atoms with Gasteiger partial charge in [-0.2, -0.15) is 5.10 Å². The van der Waals surface area contributed by atoms with Gasteiger partial charge in [0.05, 0.1) is 11.7 Å². The van der Waals surface area contributed by atoms with E-state index in [2.05, 4.69) is 15.2 Å². The first-order chi connectivity index (χ1) is 13.7. The maximum absolute atomic E-state index is 13.7. The van der Waals surface area contributed by atoms with Crippen LogP contribution in [0.3, 0.4) is 0 Å². The molecule has 0 radical (unpaired) electrons. The van der Waals surface area contributed by atoms with Crippen molar-refractivity contribution in [3.8, 4) is 5.75 Å². The van der Waals surface area contributed by atoms with Gasteiger partial charge in [0.15, 0.2) is 17.3 Å². The molecule has 1 unspecified atom stereocenters. The van der Waals surface area contributed by atoms with Gasteiger partial charge in [-0.25, -0.2) is 4.39 Å². The van der Waals surface area contributed by atoms with Crippen LogP contribution >= 0.6 is 0 Å². The quantitative estimate of drug-likeness (QED) is 0.729. The van der Waals surface area contributed by atoms with E-state index in [1.807, 2.05) is 23.2 Å². The van der Waals surface area contributed by atoms with Crippen molar-refractivity contribution in [3.63, 3.8) is 0 Å². The third-order valence-corrected chi connectivity index (χ3v) is 4.90. The lowest BCUT2D eigenvalue weighted by Crippen LogP contribution is -2.38. The van der Waals surface area contributed by atoms with Crippen molar-refractivity contribution >= 4 is 5.91 Å². The molecule has 2 aromatic heterocycles. The molecule has 0 aliphatic carbocycles. The first kappa shape index (κ1) is 18.2. The summed E-state index contributed by atoms with van der Waals surface area (Å²) in [6.07, 6.45) is 6.50. The largest absolute Gasteiger partial charge is 0.484 e. The molecule has 3 aromatic rings. The monoisotopic (exact) mass is 380 g/mol. The summed E-state index contributed by atoms with van der Waals surface area (Å²) in [7, 11) is 0. The highest BCUT2D eigenvalue weighted by Crippen LogP contribution is 2.31. The van der Waals surface area contributed by atoms with Crippen molar-refractivity contribution in [1.29, 1.82) is 0 Å².